The van der Waals surface area contributed by atoms with Gasteiger partial charge in [-0.2, -0.15) is 14.8 Å². The van der Waals surface area contributed by atoms with E-state index in [1.54, 1.807) is 30.1 Å². The van der Waals surface area contributed by atoms with Crippen LogP contribution in [0.4, 0.5) is 4.39 Å². The fourth-order valence-electron chi connectivity index (χ4n) is 4.96. The third-order valence-electron chi connectivity index (χ3n) is 6.79. The van der Waals surface area contributed by atoms with Gasteiger partial charge >= 0.3 is 0 Å². The number of hydrogen-bond donors (Lipinski definition) is 0. The van der Waals surface area contributed by atoms with E-state index in [9.17, 15) is 10.1 Å². The predicted molar refractivity (Wildman–Crippen MR) is 118 cm³/mol. The molecule has 32 heavy (non-hydrogen) atoms. The van der Waals surface area contributed by atoms with Gasteiger partial charge in [-0.15, -0.1) is 0 Å². The number of pyridine rings is 1. The molecule has 1 amide bonds. The molecule has 2 aliphatic rings. The molecule has 0 unspecified atom stereocenters. The Morgan fingerprint density at radius 3 is 2.69 bits per heavy atom. The summed E-state index contributed by atoms with van der Waals surface area (Å²) in [6.07, 6.45) is 6.02. The third kappa shape index (κ3) is 3.36. The number of benzene rings is 1. The van der Waals surface area contributed by atoms with Gasteiger partial charge in [0.05, 0.1) is 17.5 Å². The molecule has 0 radical (unpaired) electrons. The number of rotatable bonds is 4. The van der Waals surface area contributed by atoms with Gasteiger partial charge in [0.1, 0.15) is 11.8 Å². The number of carbonyl (C=O) groups excluding carboxylic acids is 1. The van der Waals surface area contributed by atoms with Crippen LogP contribution in [-0.2, 0) is 13.1 Å². The van der Waals surface area contributed by atoms with Gasteiger partial charge in [-0.25, -0.2) is 9.67 Å². The van der Waals surface area contributed by atoms with Crippen LogP contribution in [0, 0.1) is 22.7 Å². The molecule has 0 atom stereocenters. The smallest absolute Gasteiger partial charge is 0.254 e. The van der Waals surface area contributed by atoms with Crippen molar-refractivity contribution in [1.82, 2.24) is 19.7 Å². The molecule has 1 saturated carbocycles. The van der Waals surface area contributed by atoms with Crippen molar-refractivity contribution >= 4 is 5.91 Å². The van der Waals surface area contributed by atoms with Gasteiger partial charge in [-0.05, 0) is 42.0 Å². The highest BCUT2D eigenvalue weighted by atomic mass is 19.1. The summed E-state index contributed by atoms with van der Waals surface area (Å²) in [7, 11) is 1.76. The molecule has 0 N–H and O–H groups in total. The summed E-state index contributed by atoms with van der Waals surface area (Å²) in [6, 6.07) is 10.9. The monoisotopic (exact) mass is 429 g/mol. The van der Waals surface area contributed by atoms with E-state index in [1.807, 2.05) is 12.1 Å². The van der Waals surface area contributed by atoms with E-state index >= 15 is 4.39 Å². The zero-order chi connectivity index (χ0) is 22.5. The molecule has 0 bridgehead atoms. The van der Waals surface area contributed by atoms with Gasteiger partial charge in [0, 0.05) is 36.8 Å². The van der Waals surface area contributed by atoms with Gasteiger partial charge in [-0.1, -0.05) is 31.9 Å². The first kappa shape index (κ1) is 20.4. The van der Waals surface area contributed by atoms with Crippen molar-refractivity contribution in [1.29, 1.82) is 5.26 Å². The molecular weight excluding hydrogens is 405 g/mol. The van der Waals surface area contributed by atoms with E-state index < -0.39 is 5.95 Å². The standard InChI is InChI=1S/C25H24FN5O/c1-25(9-3-4-10-25)15-31-23(26)21(13-28-31)19-8-7-18(12-27)29-22(19)16-5-6-17-14-30(2)24(32)20(17)11-16/h5-8,11,13H,3-4,9-10,14-15H2,1-2H3. The normalized spacial score (nSPS) is 16.9. The van der Waals surface area contributed by atoms with Gasteiger partial charge < -0.3 is 4.90 Å². The molecule has 3 aromatic rings. The van der Waals surface area contributed by atoms with Gasteiger partial charge in [0.15, 0.2) is 0 Å². The van der Waals surface area contributed by atoms with Crippen molar-refractivity contribution in [2.75, 3.05) is 7.05 Å². The molecule has 7 heteroatoms. The quantitative estimate of drug-likeness (QED) is 0.598. The lowest BCUT2D eigenvalue weighted by Gasteiger charge is -2.23. The Balaban J connectivity index is 1.59. The average molecular weight is 429 g/mol. The zero-order valence-corrected chi connectivity index (χ0v) is 18.2. The Bertz CT molecular complexity index is 1270. The van der Waals surface area contributed by atoms with Crippen molar-refractivity contribution in [2.24, 2.45) is 5.41 Å². The summed E-state index contributed by atoms with van der Waals surface area (Å²) in [5.41, 5.74) is 3.91. The molecule has 3 heterocycles. The minimum absolute atomic E-state index is 0.0522. The molecule has 1 fully saturated rings. The van der Waals surface area contributed by atoms with Crippen LogP contribution in [0.3, 0.4) is 0 Å². The van der Waals surface area contributed by atoms with E-state index in [-0.39, 0.29) is 17.0 Å². The Kier molecular flexibility index (Phi) is 4.81. The number of fused-ring (bicyclic) bond motifs is 1. The number of carbonyl (C=O) groups is 1. The van der Waals surface area contributed by atoms with Gasteiger partial charge in [0.2, 0.25) is 5.95 Å². The number of aromatic nitrogens is 3. The summed E-state index contributed by atoms with van der Waals surface area (Å²) in [6.45, 7) is 3.29. The number of hydrogen-bond acceptors (Lipinski definition) is 4. The molecule has 6 nitrogen and oxygen atoms in total. The second kappa shape index (κ2) is 7.56. The lowest BCUT2D eigenvalue weighted by Crippen LogP contribution is -2.21. The van der Waals surface area contributed by atoms with E-state index in [1.165, 1.54) is 23.7 Å². The first-order chi connectivity index (χ1) is 15.4. The number of halogens is 1. The maximum atomic E-state index is 15.5. The van der Waals surface area contributed by atoms with E-state index in [0.717, 1.165) is 18.4 Å². The van der Waals surface area contributed by atoms with Crippen LogP contribution < -0.4 is 0 Å². The minimum Gasteiger partial charge on any atom is -0.337 e. The van der Waals surface area contributed by atoms with Crippen LogP contribution in [0.15, 0.2) is 36.5 Å². The second-order valence-corrected chi connectivity index (χ2v) is 9.26. The molecule has 1 aliphatic heterocycles. The lowest BCUT2D eigenvalue weighted by atomic mass is 9.89. The Hall–Kier alpha value is -3.53. The topological polar surface area (TPSA) is 74.8 Å². The first-order valence-electron chi connectivity index (χ1n) is 10.9. The number of amides is 1. The SMILES string of the molecule is CN1Cc2ccc(-c3nc(C#N)ccc3-c3cnn(CC4(C)CCCC4)c3F)cc2C1=O. The Morgan fingerprint density at radius 1 is 1.16 bits per heavy atom. The highest BCUT2D eigenvalue weighted by Gasteiger charge is 2.31. The predicted octanol–water partition coefficient (Wildman–Crippen LogP) is 4.79. The Morgan fingerprint density at radius 2 is 1.94 bits per heavy atom. The molecule has 2 aromatic heterocycles. The van der Waals surface area contributed by atoms with E-state index in [0.29, 0.717) is 41.0 Å². The highest BCUT2D eigenvalue weighted by Crippen LogP contribution is 2.40. The molecular formula is C25H24FN5O. The van der Waals surface area contributed by atoms with Crippen LogP contribution in [-0.4, -0.2) is 32.6 Å². The van der Waals surface area contributed by atoms with Crippen LogP contribution in [0.5, 0.6) is 0 Å². The molecule has 1 aliphatic carbocycles. The third-order valence-corrected chi connectivity index (χ3v) is 6.79. The summed E-state index contributed by atoms with van der Waals surface area (Å²) in [5, 5.41) is 13.7. The maximum Gasteiger partial charge on any atom is 0.254 e. The van der Waals surface area contributed by atoms with Crippen molar-refractivity contribution in [2.45, 2.75) is 45.7 Å². The van der Waals surface area contributed by atoms with E-state index in [4.69, 9.17) is 0 Å². The van der Waals surface area contributed by atoms with Crippen LogP contribution >= 0.6 is 0 Å². The van der Waals surface area contributed by atoms with Crippen molar-refractivity contribution in [3.63, 3.8) is 0 Å². The van der Waals surface area contributed by atoms with Crippen LogP contribution in [0.25, 0.3) is 22.4 Å². The fraction of sp³-hybridized carbons (Fsp3) is 0.360. The van der Waals surface area contributed by atoms with Gasteiger partial charge in [-0.3, -0.25) is 4.79 Å². The van der Waals surface area contributed by atoms with Crippen molar-refractivity contribution in [3.8, 4) is 28.5 Å². The Labute approximate surface area is 186 Å². The average Bonchev–Trinajstić information content (AvgIpc) is 3.46. The lowest BCUT2D eigenvalue weighted by molar-refractivity contribution is 0.0816. The summed E-state index contributed by atoms with van der Waals surface area (Å²) >= 11 is 0. The largest absolute Gasteiger partial charge is 0.337 e. The van der Waals surface area contributed by atoms with Crippen molar-refractivity contribution < 1.29 is 9.18 Å². The highest BCUT2D eigenvalue weighted by molar-refractivity contribution is 5.99. The number of nitrogens with zero attached hydrogens (tertiary/aromatic N) is 5. The molecule has 0 spiro atoms. The first-order valence-corrected chi connectivity index (χ1v) is 10.9. The summed E-state index contributed by atoms with van der Waals surface area (Å²) in [5.74, 6) is -0.452. The van der Waals surface area contributed by atoms with Crippen LogP contribution in [0.2, 0.25) is 0 Å². The van der Waals surface area contributed by atoms with Crippen LogP contribution in [0.1, 0.15) is 54.2 Å². The maximum absolute atomic E-state index is 15.5. The zero-order valence-electron chi connectivity index (χ0n) is 18.2. The second-order valence-electron chi connectivity index (χ2n) is 9.26. The molecule has 1 aromatic carbocycles. The molecule has 5 rings (SSSR count). The van der Waals surface area contributed by atoms with Crippen molar-refractivity contribution in [3.05, 3.63) is 59.3 Å². The number of nitriles is 1. The van der Waals surface area contributed by atoms with E-state index in [2.05, 4.69) is 23.1 Å². The molecule has 0 saturated heterocycles. The van der Waals surface area contributed by atoms with Gasteiger partial charge in [0.25, 0.3) is 5.91 Å². The fourth-order valence-corrected chi connectivity index (χ4v) is 4.96. The summed E-state index contributed by atoms with van der Waals surface area (Å²) < 4.78 is 16.9. The minimum atomic E-state index is -0.400. The molecule has 162 valence electrons. The summed E-state index contributed by atoms with van der Waals surface area (Å²) in [4.78, 5) is 18.6.